The van der Waals surface area contributed by atoms with Gasteiger partial charge in [-0.3, -0.25) is 4.98 Å². The van der Waals surface area contributed by atoms with Crippen LogP contribution in [0.4, 0.5) is 14.9 Å². The summed E-state index contributed by atoms with van der Waals surface area (Å²) in [5.41, 5.74) is 3.59. The molecule has 1 atom stereocenters. The Morgan fingerprint density at radius 1 is 1.19 bits per heavy atom. The Kier molecular flexibility index (Phi) is 5.48. The molecule has 0 spiro atoms. The lowest BCUT2D eigenvalue weighted by Gasteiger charge is -2.15. The molecular formula is C20H19FN6O3S. The lowest BCUT2D eigenvalue weighted by atomic mass is 9.97. The van der Waals surface area contributed by atoms with Gasteiger partial charge < -0.3 is 10.1 Å². The van der Waals surface area contributed by atoms with E-state index in [0.29, 0.717) is 34.8 Å². The van der Waals surface area contributed by atoms with Crippen molar-refractivity contribution in [1.29, 1.82) is 0 Å². The van der Waals surface area contributed by atoms with Gasteiger partial charge in [-0.05, 0) is 31.5 Å². The average molecular weight is 442 g/mol. The number of hydrogen-bond donors (Lipinski definition) is 2. The number of urea groups is 1. The van der Waals surface area contributed by atoms with E-state index in [2.05, 4.69) is 24.6 Å². The molecule has 0 saturated carbocycles. The third kappa shape index (κ3) is 4.29. The number of nitrogens with one attached hydrogen (secondary N) is 1. The molecule has 9 nitrogen and oxygen atoms in total. The van der Waals surface area contributed by atoms with Crippen molar-refractivity contribution in [2.75, 3.05) is 5.32 Å². The van der Waals surface area contributed by atoms with Gasteiger partial charge in [0.1, 0.15) is 5.82 Å². The number of hydrogen-bond acceptors (Lipinski definition) is 6. The Bertz CT molecular complexity index is 1300. The minimum Gasteiger partial charge on any atom is -0.372 e. The minimum absolute atomic E-state index is 0.226. The highest BCUT2D eigenvalue weighted by molar-refractivity contribution is 7.91. The topological polar surface area (TPSA) is 132 Å². The van der Waals surface area contributed by atoms with Crippen molar-refractivity contribution in [1.82, 2.24) is 15.0 Å². The van der Waals surface area contributed by atoms with Crippen molar-refractivity contribution >= 4 is 21.6 Å². The summed E-state index contributed by atoms with van der Waals surface area (Å²) in [5, 5.41) is 8.17. The summed E-state index contributed by atoms with van der Waals surface area (Å²) < 4.78 is 36.4. The first-order valence-corrected chi connectivity index (χ1v) is 10.8. The second-order valence-corrected chi connectivity index (χ2v) is 8.68. The molecule has 2 aromatic heterocycles. The number of aromatic nitrogens is 3. The molecule has 0 bridgehead atoms. The Hall–Kier alpha value is -3.28. The molecule has 11 heteroatoms. The molecule has 1 aromatic carbocycles. The number of amides is 2. The summed E-state index contributed by atoms with van der Waals surface area (Å²) in [6, 6.07) is 5.69. The highest BCUT2D eigenvalue weighted by Gasteiger charge is 2.23. The van der Waals surface area contributed by atoms with Crippen LogP contribution < -0.4 is 10.5 Å². The summed E-state index contributed by atoms with van der Waals surface area (Å²) >= 11 is 0. The summed E-state index contributed by atoms with van der Waals surface area (Å²) in [6.45, 7) is 3.97. The molecule has 31 heavy (non-hydrogen) atoms. The molecule has 0 aliphatic carbocycles. The van der Waals surface area contributed by atoms with Crippen molar-refractivity contribution in [2.24, 2.45) is 9.50 Å². The molecule has 0 saturated heterocycles. The summed E-state index contributed by atoms with van der Waals surface area (Å²) in [7, 11) is -3.70. The summed E-state index contributed by atoms with van der Waals surface area (Å²) in [4.78, 5) is 24.5. The highest BCUT2D eigenvalue weighted by Crippen LogP contribution is 2.37. The molecule has 0 radical (unpaired) electrons. The first-order chi connectivity index (χ1) is 14.7. The zero-order valence-electron chi connectivity index (χ0n) is 16.8. The maximum Gasteiger partial charge on any atom is 0.355 e. The number of benzene rings is 1. The zero-order valence-corrected chi connectivity index (χ0v) is 17.6. The fourth-order valence-corrected chi connectivity index (χ4v) is 4.26. The van der Waals surface area contributed by atoms with E-state index >= 15 is 0 Å². The van der Waals surface area contributed by atoms with Crippen molar-refractivity contribution in [3.05, 3.63) is 65.0 Å². The Balaban J connectivity index is 1.76. The van der Waals surface area contributed by atoms with E-state index in [-0.39, 0.29) is 17.3 Å². The normalized spacial score (nSPS) is 14.6. The largest absolute Gasteiger partial charge is 0.372 e. The molecule has 3 aromatic rings. The van der Waals surface area contributed by atoms with E-state index < -0.39 is 21.8 Å². The van der Waals surface area contributed by atoms with Crippen molar-refractivity contribution < 1.29 is 18.1 Å². The zero-order chi connectivity index (χ0) is 22.2. The maximum atomic E-state index is 14.4. The van der Waals surface area contributed by atoms with Gasteiger partial charge >= 0.3 is 6.03 Å². The molecule has 1 aliphatic heterocycles. The van der Waals surface area contributed by atoms with Crippen molar-refractivity contribution in [3.63, 3.8) is 0 Å². The molecule has 4 rings (SSSR count). The lowest BCUT2D eigenvalue weighted by molar-refractivity contribution is 0.134. The number of nitrogens with two attached hydrogens (primary N) is 1. The van der Waals surface area contributed by atoms with Crippen LogP contribution in [0.15, 0.2) is 46.2 Å². The van der Waals surface area contributed by atoms with Gasteiger partial charge in [0, 0.05) is 34.3 Å². The van der Waals surface area contributed by atoms with Gasteiger partial charge in [-0.15, -0.1) is 4.36 Å². The third-order valence-electron chi connectivity index (χ3n) is 4.65. The molecule has 0 fully saturated rings. The molecule has 2 amide bonds. The number of halogens is 1. The number of rotatable bonds is 3. The average Bonchev–Trinajstić information content (AvgIpc) is 3.17. The van der Waals surface area contributed by atoms with E-state index in [4.69, 9.17) is 9.88 Å². The van der Waals surface area contributed by atoms with E-state index in [1.165, 1.54) is 12.3 Å². The van der Waals surface area contributed by atoms with E-state index in [9.17, 15) is 13.4 Å². The number of aryl methyl sites for hydroxylation is 2. The number of nitrogens with zero attached hydrogens (tertiary/aromatic N) is 4. The first-order valence-electron chi connectivity index (χ1n) is 9.25. The molecule has 160 valence electrons. The van der Waals surface area contributed by atoms with E-state index in [0.717, 1.165) is 11.8 Å². The van der Waals surface area contributed by atoms with Gasteiger partial charge in [-0.2, -0.15) is 0 Å². The van der Waals surface area contributed by atoms with Crippen molar-refractivity contribution in [2.45, 2.75) is 32.2 Å². The Labute approximate surface area is 178 Å². The molecule has 1 aliphatic rings. The Morgan fingerprint density at radius 3 is 2.65 bits per heavy atom. The summed E-state index contributed by atoms with van der Waals surface area (Å²) in [5.74, 6) is -0.555. The van der Waals surface area contributed by atoms with Crippen LogP contribution in [0.25, 0.3) is 11.1 Å². The highest BCUT2D eigenvalue weighted by atomic mass is 32.2. The number of anilines is 1. The maximum absolute atomic E-state index is 14.4. The predicted molar refractivity (Wildman–Crippen MR) is 112 cm³/mol. The van der Waals surface area contributed by atoms with Gasteiger partial charge in [0.25, 0.3) is 0 Å². The molecule has 3 N–H and O–H groups in total. The fourth-order valence-electron chi connectivity index (χ4n) is 3.33. The predicted octanol–water partition coefficient (Wildman–Crippen LogP) is 3.26. The van der Waals surface area contributed by atoms with E-state index in [1.54, 1.807) is 32.0 Å². The van der Waals surface area contributed by atoms with Gasteiger partial charge in [0.15, 0.2) is 9.92 Å². The quantitative estimate of drug-likeness (QED) is 0.598. The van der Waals surface area contributed by atoms with Gasteiger partial charge in [0.05, 0.1) is 25.1 Å². The molecule has 3 heterocycles. The molecular weight excluding hydrogens is 423 g/mol. The van der Waals surface area contributed by atoms with Crippen LogP contribution in [-0.2, 0) is 27.9 Å². The summed E-state index contributed by atoms with van der Waals surface area (Å²) in [6.07, 6.45) is 2.53. The lowest BCUT2D eigenvalue weighted by Crippen LogP contribution is -2.21. The number of carbonyl (C=O) groups excluding carboxylic acids is 1. The van der Waals surface area contributed by atoms with Crippen LogP contribution in [0.1, 0.15) is 22.5 Å². The number of pyridine rings is 1. The molecule has 1 unspecified atom stereocenters. The third-order valence-corrected chi connectivity index (χ3v) is 5.79. The van der Waals surface area contributed by atoms with Gasteiger partial charge in [0.2, 0.25) is 5.16 Å². The smallest absolute Gasteiger partial charge is 0.355 e. The van der Waals surface area contributed by atoms with E-state index in [1.807, 2.05) is 0 Å². The van der Waals surface area contributed by atoms with Crippen LogP contribution in [-0.4, -0.2) is 25.2 Å². The number of carbonyl (C=O) groups is 1. The van der Waals surface area contributed by atoms with Crippen LogP contribution in [0.3, 0.4) is 0 Å². The van der Waals surface area contributed by atoms with Crippen molar-refractivity contribution in [3.8, 4) is 11.1 Å². The minimum atomic E-state index is -3.70. The second-order valence-electron chi connectivity index (χ2n) is 7.00. The first kappa shape index (κ1) is 21.0. The Morgan fingerprint density at radius 2 is 1.94 bits per heavy atom. The SMILES string of the molecule is Cc1cc(C)nc(S(N)(=O)=NC(=O)Nc2c(-c3ccncc3F)ccc3c2COC3)n1. The van der Waals surface area contributed by atoms with Crippen LogP contribution in [0.5, 0.6) is 0 Å². The second kappa shape index (κ2) is 8.10. The number of ether oxygens (including phenoxy) is 1. The van der Waals surface area contributed by atoms with Crippen LogP contribution in [0.2, 0.25) is 0 Å². The number of fused-ring (bicyclic) bond motifs is 1. The fraction of sp³-hybridized carbons (Fsp3) is 0.200. The monoisotopic (exact) mass is 442 g/mol. The standard InChI is InChI=1S/C20H19FN6O3S/c1-11-7-12(2)25-20(24-11)31(22,29)27-19(28)26-18-15(14-5-6-23-8-17(14)21)4-3-13-9-30-10-16(13)18/h3-8H,9-10H2,1-2H3,(H3,22,26,27,28,29). The van der Waals surface area contributed by atoms with Gasteiger partial charge in [-0.1, -0.05) is 12.1 Å². The van der Waals surface area contributed by atoms with Gasteiger partial charge in [-0.25, -0.2) is 28.5 Å². The van der Waals surface area contributed by atoms with Crippen LogP contribution in [0, 0.1) is 19.7 Å². The van der Waals surface area contributed by atoms with Crippen LogP contribution >= 0.6 is 0 Å².